The van der Waals surface area contributed by atoms with Crippen LogP contribution >= 0.6 is 0 Å². The van der Waals surface area contributed by atoms with Crippen LogP contribution in [0.15, 0.2) is 12.2 Å². The molecule has 1 saturated heterocycles. The largest absolute Gasteiger partial charge is 0.392 e. The third kappa shape index (κ3) is 1.39. The van der Waals surface area contributed by atoms with E-state index in [1.165, 1.54) is 0 Å². The molecule has 0 bridgehead atoms. The van der Waals surface area contributed by atoms with Crippen molar-refractivity contribution in [3.63, 3.8) is 0 Å². The van der Waals surface area contributed by atoms with Gasteiger partial charge in [-0.25, -0.2) is 0 Å². The van der Waals surface area contributed by atoms with Crippen LogP contribution in [-0.4, -0.2) is 23.4 Å². The fourth-order valence-corrected chi connectivity index (χ4v) is 1.19. The molecule has 0 saturated carbocycles. The van der Waals surface area contributed by atoms with Crippen LogP contribution in [-0.2, 0) is 4.74 Å². The van der Waals surface area contributed by atoms with Crippen molar-refractivity contribution in [1.82, 2.24) is 0 Å². The van der Waals surface area contributed by atoms with Gasteiger partial charge in [0.05, 0.1) is 12.7 Å². The van der Waals surface area contributed by atoms with Crippen molar-refractivity contribution in [2.75, 3.05) is 6.61 Å². The van der Waals surface area contributed by atoms with Gasteiger partial charge in [-0.05, 0) is 13.3 Å². The lowest BCUT2D eigenvalue weighted by atomic mass is 10.1. The minimum Gasteiger partial charge on any atom is -0.392 e. The molecule has 0 aromatic carbocycles. The highest BCUT2D eigenvalue weighted by Gasteiger charge is 2.48. The molecule has 0 radical (unpaired) electrons. The van der Waals surface area contributed by atoms with E-state index in [1.807, 2.05) is 13.0 Å². The Kier molecular flexibility index (Phi) is 2.11. The summed E-state index contributed by atoms with van der Waals surface area (Å²) in [5, 5.41) is 8.47. The second kappa shape index (κ2) is 2.72. The maximum absolute atomic E-state index is 8.47. The van der Waals surface area contributed by atoms with Crippen molar-refractivity contribution < 1.29 is 9.84 Å². The monoisotopic (exact) mass is 142 g/mol. The highest BCUT2D eigenvalue weighted by Crippen LogP contribution is 2.39. The summed E-state index contributed by atoms with van der Waals surface area (Å²) in [5.41, 5.74) is -0.0719. The lowest BCUT2D eigenvalue weighted by Crippen LogP contribution is -2.04. The fourth-order valence-electron chi connectivity index (χ4n) is 1.19. The van der Waals surface area contributed by atoms with E-state index in [1.54, 1.807) is 6.08 Å². The first kappa shape index (κ1) is 7.76. The second-order valence-corrected chi connectivity index (χ2v) is 2.78. The minimum atomic E-state index is -0.0719. The van der Waals surface area contributed by atoms with Crippen LogP contribution in [0.1, 0.15) is 20.3 Å². The van der Waals surface area contributed by atoms with Gasteiger partial charge in [-0.15, -0.1) is 0 Å². The summed E-state index contributed by atoms with van der Waals surface area (Å²) in [4.78, 5) is 0. The molecule has 0 spiro atoms. The Hall–Kier alpha value is -0.340. The highest BCUT2D eigenvalue weighted by molar-refractivity contribution is 5.13. The SMILES string of the molecule is CC[C@H]1O[C@]1(C)C=CCO. The van der Waals surface area contributed by atoms with Gasteiger partial charge in [0.15, 0.2) is 0 Å². The summed E-state index contributed by atoms with van der Waals surface area (Å²) in [6, 6.07) is 0. The van der Waals surface area contributed by atoms with Crippen molar-refractivity contribution in [3.05, 3.63) is 12.2 Å². The number of ether oxygens (including phenoxy) is 1. The molecule has 1 heterocycles. The van der Waals surface area contributed by atoms with Crippen LogP contribution in [0.25, 0.3) is 0 Å². The van der Waals surface area contributed by atoms with Crippen LogP contribution in [0.4, 0.5) is 0 Å². The molecule has 1 aliphatic rings. The Morgan fingerprint density at radius 2 is 2.40 bits per heavy atom. The van der Waals surface area contributed by atoms with Crippen LogP contribution in [0, 0.1) is 0 Å². The van der Waals surface area contributed by atoms with Gasteiger partial charge in [-0.2, -0.15) is 0 Å². The number of hydrogen-bond acceptors (Lipinski definition) is 2. The van der Waals surface area contributed by atoms with Gasteiger partial charge in [0.1, 0.15) is 5.60 Å². The summed E-state index contributed by atoms with van der Waals surface area (Å²) < 4.78 is 5.36. The molecule has 0 aromatic rings. The topological polar surface area (TPSA) is 32.8 Å². The third-order valence-electron chi connectivity index (χ3n) is 1.90. The van der Waals surface area contributed by atoms with Gasteiger partial charge in [0, 0.05) is 0 Å². The van der Waals surface area contributed by atoms with E-state index in [0.29, 0.717) is 6.10 Å². The number of aliphatic hydroxyl groups excluding tert-OH is 1. The standard InChI is InChI=1S/C8H14O2/c1-3-7-8(2,10-7)5-4-6-9/h4-5,7,9H,3,6H2,1-2H3/t7-,8-/m1/s1. The van der Waals surface area contributed by atoms with Gasteiger partial charge in [-0.1, -0.05) is 19.1 Å². The molecule has 1 N–H and O–H groups in total. The summed E-state index contributed by atoms with van der Waals surface area (Å²) in [6.45, 7) is 4.24. The van der Waals surface area contributed by atoms with Crippen LogP contribution in [0.3, 0.4) is 0 Å². The maximum atomic E-state index is 8.47. The predicted octanol–water partition coefficient (Wildman–Crippen LogP) is 1.10. The van der Waals surface area contributed by atoms with Gasteiger partial charge < -0.3 is 9.84 Å². The molecule has 1 fully saturated rings. The zero-order valence-electron chi connectivity index (χ0n) is 6.50. The molecule has 1 aliphatic heterocycles. The molecule has 2 heteroatoms. The van der Waals surface area contributed by atoms with Gasteiger partial charge in [0.2, 0.25) is 0 Å². The molecular formula is C8H14O2. The fraction of sp³-hybridized carbons (Fsp3) is 0.750. The molecule has 2 atom stereocenters. The number of aliphatic hydroxyl groups is 1. The molecule has 2 nitrogen and oxygen atoms in total. The second-order valence-electron chi connectivity index (χ2n) is 2.78. The summed E-state index contributed by atoms with van der Waals surface area (Å²) >= 11 is 0. The van der Waals surface area contributed by atoms with Crippen molar-refractivity contribution in [1.29, 1.82) is 0 Å². The summed E-state index contributed by atoms with van der Waals surface area (Å²) in [7, 11) is 0. The number of hydrogen-bond donors (Lipinski definition) is 1. The van der Waals surface area contributed by atoms with Gasteiger partial charge >= 0.3 is 0 Å². The Labute approximate surface area is 61.5 Å². The quantitative estimate of drug-likeness (QED) is 0.473. The van der Waals surface area contributed by atoms with E-state index in [0.717, 1.165) is 6.42 Å². The first-order chi connectivity index (χ1) is 4.73. The van der Waals surface area contributed by atoms with Crippen molar-refractivity contribution >= 4 is 0 Å². The Morgan fingerprint density at radius 3 is 2.80 bits per heavy atom. The zero-order chi connectivity index (χ0) is 7.61. The lowest BCUT2D eigenvalue weighted by Gasteiger charge is -1.94. The molecule has 0 aromatic heterocycles. The molecule has 0 aliphatic carbocycles. The Bertz CT molecular complexity index is 142. The Morgan fingerprint density at radius 1 is 1.70 bits per heavy atom. The Balaban J connectivity index is 2.36. The zero-order valence-corrected chi connectivity index (χ0v) is 6.50. The van der Waals surface area contributed by atoms with Crippen LogP contribution in [0.5, 0.6) is 0 Å². The number of epoxide rings is 1. The molecule has 58 valence electrons. The van der Waals surface area contributed by atoms with E-state index in [4.69, 9.17) is 9.84 Å². The first-order valence-electron chi connectivity index (χ1n) is 3.69. The third-order valence-corrected chi connectivity index (χ3v) is 1.90. The lowest BCUT2D eigenvalue weighted by molar-refractivity contribution is 0.329. The normalized spacial score (nSPS) is 38.9. The van der Waals surface area contributed by atoms with Crippen LogP contribution < -0.4 is 0 Å². The average molecular weight is 142 g/mol. The van der Waals surface area contributed by atoms with Gasteiger partial charge in [0.25, 0.3) is 0 Å². The van der Waals surface area contributed by atoms with E-state index >= 15 is 0 Å². The van der Waals surface area contributed by atoms with E-state index in [2.05, 4.69) is 6.92 Å². The summed E-state index contributed by atoms with van der Waals surface area (Å²) in [6.07, 6.45) is 5.08. The van der Waals surface area contributed by atoms with Crippen LogP contribution in [0.2, 0.25) is 0 Å². The van der Waals surface area contributed by atoms with E-state index in [-0.39, 0.29) is 12.2 Å². The maximum Gasteiger partial charge on any atom is 0.110 e. The van der Waals surface area contributed by atoms with Crippen molar-refractivity contribution in [2.45, 2.75) is 32.0 Å². The minimum absolute atomic E-state index is 0.0719. The predicted molar refractivity (Wildman–Crippen MR) is 39.8 cm³/mol. The molecule has 1 rings (SSSR count). The van der Waals surface area contributed by atoms with E-state index < -0.39 is 0 Å². The van der Waals surface area contributed by atoms with Crippen molar-refractivity contribution in [2.24, 2.45) is 0 Å². The average Bonchev–Trinajstić information content (AvgIpc) is 2.59. The molecule has 10 heavy (non-hydrogen) atoms. The van der Waals surface area contributed by atoms with E-state index in [9.17, 15) is 0 Å². The highest BCUT2D eigenvalue weighted by atomic mass is 16.6. The smallest absolute Gasteiger partial charge is 0.110 e. The number of rotatable bonds is 3. The molecule has 0 unspecified atom stereocenters. The van der Waals surface area contributed by atoms with Crippen molar-refractivity contribution in [3.8, 4) is 0 Å². The molecule has 0 amide bonds. The molecular weight excluding hydrogens is 128 g/mol. The first-order valence-corrected chi connectivity index (χ1v) is 3.69. The summed E-state index contributed by atoms with van der Waals surface area (Å²) in [5.74, 6) is 0. The van der Waals surface area contributed by atoms with Gasteiger partial charge in [-0.3, -0.25) is 0 Å².